The molecule has 0 aliphatic carbocycles. The van der Waals surface area contributed by atoms with Crippen LogP contribution >= 0.6 is 22.7 Å². The molecule has 19 nitrogen and oxygen atoms in total. The second-order valence-corrected chi connectivity index (χ2v) is 22.1. The molecule has 12 rings (SSSR count). The zero-order valence-electron chi connectivity index (χ0n) is 43.2. The Labute approximate surface area is 461 Å². The first-order valence-electron chi connectivity index (χ1n) is 26.1. The summed E-state index contributed by atoms with van der Waals surface area (Å²) in [5, 5.41) is 31.0. The van der Waals surface area contributed by atoms with Crippen molar-refractivity contribution < 1.29 is 40.8 Å². The van der Waals surface area contributed by atoms with E-state index in [1.165, 1.54) is 58.5 Å². The van der Waals surface area contributed by atoms with Crippen LogP contribution in [0.25, 0.3) is 11.4 Å². The lowest BCUT2D eigenvalue weighted by atomic mass is 9.91. The van der Waals surface area contributed by atoms with Crippen LogP contribution in [0.1, 0.15) is 118 Å². The lowest BCUT2D eigenvalue weighted by Crippen LogP contribution is -2.57. The number of aryl methyl sites for hydroxylation is 2. The third-order valence-corrected chi connectivity index (χ3v) is 17.4. The maximum atomic E-state index is 15.6. The van der Waals surface area contributed by atoms with Crippen LogP contribution in [0.4, 0.5) is 26.3 Å². The van der Waals surface area contributed by atoms with Crippen molar-refractivity contribution in [2.45, 2.75) is 114 Å². The van der Waals surface area contributed by atoms with Gasteiger partial charge in [-0.3, -0.25) is 24.0 Å². The number of thiazole rings is 2. The molecule has 2 aromatic carbocycles. The minimum atomic E-state index is -4.73. The quantitative estimate of drug-likeness (QED) is 0.0833. The molecule has 416 valence electrons. The van der Waals surface area contributed by atoms with Crippen LogP contribution in [-0.2, 0) is 39.9 Å². The van der Waals surface area contributed by atoms with Crippen molar-refractivity contribution in [2.24, 2.45) is 10.3 Å². The number of nitrogens with zero attached hydrogens (tertiary/aromatic N) is 16. The summed E-state index contributed by atoms with van der Waals surface area (Å²) in [6.07, 6.45) is -0.746. The van der Waals surface area contributed by atoms with Crippen molar-refractivity contribution in [3.05, 3.63) is 152 Å². The predicted octanol–water partition coefficient (Wildman–Crippen LogP) is 9.31. The third kappa shape index (κ3) is 10.9. The number of alkyl halides is 6. The molecule has 27 heteroatoms. The molecule has 4 aliphatic rings. The molecular formula is C53H52F6N16O3S2. The number of hydrogen-bond donors (Lipinski definition) is 0. The summed E-state index contributed by atoms with van der Waals surface area (Å²) < 4.78 is 90.5. The number of Topliss-reactive ketones (excluding diaryl/α,β-unsaturated/α-hetero) is 1. The van der Waals surface area contributed by atoms with Gasteiger partial charge < -0.3 is 9.68 Å². The first-order chi connectivity index (χ1) is 38.6. The lowest BCUT2D eigenvalue weighted by Gasteiger charge is -2.41. The highest BCUT2D eigenvalue weighted by atomic mass is 32.1. The summed E-state index contributed by atoms with van der Waals surface area (Å²) in [6.45, 7) is 4.15. The smallest absolute Gasteiger partial charge is 0.387 e. The number of likely N-dealkylation sites (tertiary alicyclic amines) is 2. The topological polar surface area (TPSA) is 190 Å². The summed E-state index contributed by atoms with van der Waals surface area (Å²) >= 11 is 3.02. The predicted molar refractivity (Wildman–Crippen MR) is 281 cm³/mol. The Kier molecular flexibility index (Phi) is 14.5. The van der Waals surface area contributed by atoms with E-state index >= 15 is 4.79 Å². The minimum Gasteiger partial charge on any atom is -0.387 e. The van der Waals surface area contributed by atoms with E-state index in [0.29, 0.717) is 87.5 Å². The number of oxime groups is 2. The van der Waals surface area contributed by atoms with E-state index in [1.54, 1.807) is 22.0 Å². The summed E-state index contributed by atoms with van der Waals surface area (Å²) in [5.74, 6) is -0.345. The van der Waals surface area contributed by atoms with Gasteiger partial charge in [0.05, 0.1) is 58.0 Å². The average molecular weight is 1140 g/mol. The van der Waals surface area contributed by atoms with Crippen molar-refractivity contribution in [3.8, 4) is 11.4 Å². The number of carbonyl (C=O) groups is 1. The van der Waals surface area contributed by atoms with E-state index in [9.17, 15) is 26.3 Å². The van der Waals surface area contributed by atoms with Gasteiger partial charge in [-0.05, 0) is 90.0 Å². The zero-order valence-corrected chi connectivity index (χ0v) is 44.8. The Hall–Kier alpha value is -7.49. The number of para-hydroxylation sites is 2. The van der Waals surface area contributed by atoms with Crippen molar-refractivity contribution in [1.82, 2.24) is 68.9 Å². The molecule has 8 aromatic rings. The van der Waals surface area contributed by atoms with E-state index < -0.39 is 35.8 Å². The average Bonchev–Trinajstić information content (AvgIpc) is 4.33. The fourth-order valence-corrected chi connectivity index (χ4v) is 13.1. The summed E-state index contributed by atoms with van der Waals surface area (Å²) in [5.41, 5.74) is 4.51. The van der Waals surface area contributed by atoms with Crippen LogP contribution in [0.3, 0.4) is 0 Å². The van der Waals surface area contributed by atoms with E-state index in [-0.39, 0.29) is 54.3 Å². The molecular weight excluding hydrogens is 1090 g/mol. The molecule has 4 atom stereocenters. The largest absolute Gasteiger partial charge is 0.435 e. The summed E-state index contributed by atoms with van der Waals surface area (Å²) in [6, 6.07) is 15.4. The molecule has 0 spiro atoms. The highest BCUT2D eigenvalue weighted by molar-refractivity contribution is 7.10. The molecule has 0 N–H and O–H groups in total. The number of carbonyl (C=O) groups excluding carboxylic acids is 1. The number of benzene rings is 2. The number of ketones is 1. The molecule has 6 aromatic heterocycles. The second kappa shape index (κ2) is 21.9. The lowest BCUT2D eigenvalue weighted by molar-refractivity contribution is -0.142. The van der Waals surface area contributed by atoms with Crippen LogP contribution in [-0.4, -0.2) is 124 Å². The first kappa shape index (κ1) is 53.2. The normalized spacial score (nSPS) is 19.7. The van der Waals surface area contributed by atoms with Crippen molar-refractivity contribution in [3.63, 3.8) is 0 Å². The van der Waals surface area contributed by atoms with E-state index in [4.69, 9.17) is 19.6 Å². The Morgan fingerprint density at radius 2 is 1.04 bits per heavy atom. The van der Waals surface area contributed by atoms with Gasteiger partial charge in [0, 0.05) is 58.0 Å². The highest BCUT2D eigenvalue weighted by Crippen LogP contribution is 2.39. The molecule has 4 aliphatic heterocycles. The summed E-state index contributed by atoms with van der Waals surface area (Å²) in [7, 11) is 0. The second-order valence-electron chi connectivity index (χ2n) is 20.4. The molecule has 2 fully saturated rings. The maximum absolute atomic E-state index is 15.6. The Morgan fingerprint density at radius 3 is 1.41 bits per heavy atom. The van der Waals surface area contributed by atoms with Gasteiger partial charge in [-0.15, -0.1) is 22.7 Å². The number of piperidine rings is 2. The van der Waals surface area contributed by atoms with Crippen LogP contribution in [0.5, 0.6) is 0 Å². The van der Waals surface area contributed by atoms with Crippen molar-refractivity contribution in [2.75, 3.05) is 26.2 Å². The molecule has 0 radical (unpaired) electrons. The van der Waals surface area contributed by atoms with Crippen molar-refractivity contribution in [1.29, 1.82) is 0 Å². The van der Waals surface area contributed by atoms with Crippen LogP contribution in [0.2, 0.25) is 0 Å². The number of aromatic nitrogens is 12. The SMILES string of the molecule is Cc1cc(C(F)(F)F)nn1CC(C(=O)C(Cn1nc(C(F)(F)F)cc1C)N1CCC(c2nc(C3=NOC(c4ccccc4-n4cncn4)C3)cs2)CC1)N1CCC(c2nc(C3=NOC(c4ccccc4-n4cncn4)C3)cs2)CC1. The molecule has 0 bridgehead atoms. The van der Waals surface area contributed by atoms with Crippen LogP contribution in [0.15, 0.2) is 107 Å². The van der Waals surface area contributed by atoms with Gasteiger partial charge in [0.2, 0.25) is 0 Å². The van der Waals surface area contributed by atoms with E-state index in [1.807, 2.05) is 69.1 Å². The molecule has 10 heterocycles. The molecule has 4 unspecified atom stereocenters. The fraction of sp³-hybridized carbons (Fsp3) is 0.415. The van der Waals surface area contributed by atoms with Gasteiger partial charge in [0.1, 0.15) is 36.7 Å². The fourth-order valence-electron chi connectivity index (χ4n) is 11.1. The Bertz CT molecular complexity index is 3310. The standard InChI is InChI=1S/C53H52F6N16O3S2/c1-31-19-47(52(54,55)56)66-72(31)23-43(70-15-11-33(12-16-70)50-64-39(25-79-50)37-21-45(77-68-37)35-7-3-5-9-41(35)74-29-60-27-62-74)49(76)44(24-73-32(2)20-48(67-73)53(57,58)59)71-17-13-34(14-18-71)51-65-40(26-80-51)38-22-46(78-69-38)36-8-4-6-10-42(36)75-30-61-28-63-75/h3-10,19-20,25-30,33-34,43-46H,11-18,21-24H2,1-2H3. The molecule has 0 saturated carbocycles. The first-order valence-corrected chi connectivity index (χ1v) is 27.9. The van der Waals surface area contributed by atoms with Crippen molar-refractivity contribution >= 4 is 39.9 Å². The Balaban J connectivity index is 0.762. The molecule has 0 amide bonds. The monoisotopic (exact) mass is 1140 g/mol. The van der Waals surface area contributed by atoms with Gasteiger partial charge in [-0.1, -0.05) is 46.7 Å². The molecule has 80 heavy (non-hydrogen) atoms. The van der Waals surface area contributed by atoms with Gasteiger partial charge in [0.15, 0.2) is 29.4 Å². The minimum absolute atomic E-state index is 0.00123. The zero-order chi connectivity index (χ0) is 55.3. The van der Waals surface area contributed by atoms with E-state index in [0.717, 1.165) is 44.6 Å². The third-order valence-electron chi connectivity index (χ3n) is 15.4. The maximum Gasteiger partial charge on any atom is 0.435 e. The van der Waals surface area contributed by atoms with Crippen LogP contribution in [0, 0.1) is 13.8 Å². The summed E-state index contributed by atoms with van der Waals surface area (Å²) in [4.78, 5) is 49.7. The van der Waals surface area contributed by atoms with Gasteiger partial charge >= 0.3 is 12.4 Å². The molecule has 2 saturated heterocycles. The van der Waals surface area contributed by atoms with Gasteiger partial charge in [-0.25, -0.2) is 29.3 Å². The number of rotatable bonds is 16. The number of hydrogen-bond acceptors (Lipinski definition) is 17. The van der Waals surface area contributed by atoms with Gasteiger partial charge in [-0.2, -0.15) is 46.7 Å². The van der Waals surface area contributed by atoms with Crippen LogP contribution < -0.4 is 0 Å². The Morgan fingerprint density at radius 1 is 0.625 bits per heavy atom. The number of halogens is 6. The van der Waals surface area contributed by atoms with Gasteiger partial charge in [0.25, 0.3) is 0 Å². The van der Waals surface area contributed by atoms with E-state index in [2.05, 4.69) is 40.7 Å². The highest BCUT2D eigenvalue weighted by Gasteiger charge is 2.42.